The summed E-state index contributed by atoms with van der Waals surface area (Å²) in [6.45, 7) is 25.9. The van der Waals surface area contributed by atoms with E-state index in [1.54, 1.807) is 0 Å². The van der Waals surface area contributed by atoms with E-state index in [0.29, 0.717) is 18.1 Å². The normalized spacial score (nSPS) is 23.0. The molecule has 41 heavy (non-hydrogen) atoms. The van der Waals surface area contributed by atoms with Crippen molar-refractivity contribution >= 4 is 0 Å². The smallest absolute Gasteiger partial charge is 0.119 e. The topological polar surface area (TPSA) is 15.7 Å². The molecule has 228 valence electrons. The predicted molar refractivity (Wildman–Crippen MR) is 176 cm³/mol. The van der Waals surface area contributed by atoms with Crippen LogP contribution >= 0.6 is 0 Å². The lowest BCUT2D eigenvalue weighted by atomic mass is 9.72. The zero-order chi connectivity index (χ0) is 30.2. The number of piperidine rings is 1. The molecule has 1 aliphatic heterocycles. The van der Waals surface area contributed by atoms with Crippen molar-refractivity contribution in [1.29, 1.82) is 0 Å². The van der Waals surface area contributed by atoms with Crippen molar-refractivity contribution in [3.63, 3.8) is 0 Å². The second-order valence-electron chi connectivity index (χ2n) is 16.5. The van der Waals surface area contributed by atoms with Crippen LogP contribution in [0.4, 0.5) is 0 Å². The van der Waals surface area contributed by atoms with Crippen LogP contribution in [0.3, 0.4) is 0 Å². The van der Waals surface area contributed by atoms with Gasteiger partial charge in [-0.3, -0.25) is 9.80 Å². The number of rotatable bonds is 9. The first-order chi connectivity index (χ1) is 19.0. The van der Waals surface area contributed by atoms with E-state index in [2.05, 4.69) is 135 Å². The van der Waals surface area contributed by atoms with Gasteiger partial charge in [0.05, 0.1) is 0 Å². The van der Waals surface area contributed by atoms with Crippen LogP contribution in [-0.2, 0) is 10.8 Å². The van der Waals surface area contributed by atoms with Crippen molar-refractivity contribution in [1.82, 2.24) is 9.80 Å². The number of nitrogens with zero attached hydrogens (tertiary/aromatic N) is 2. The predicted octanol–water partition coefficient (Wildman–Crippen LogP) is 9.34. The Bertz CT molecular complexity index is 1110. The third-order valence-corrected chi connectivity index (χ3v) is 10.5. The third-order valence-electron chi connectivity index (χ3n) is 10.5. The van der Waals surface area contributed by atoms with Crippen molar-refractivity contribution in [3.8, 4) is 5.75 Å². The summed E-state index contributed by atoms with van der Waals surface area (Å²) in [5, 5.41) is 0. The summed E-state index contributed by atoms with van der Waals surface area (Å²) in [5.41, 5.74) is 5.10. The summed E-state index contributed by atoms with van der Waals surface area (Å²) < 4.78 is 6.33. The fourth-order valence-electron chi connectivity index (χ4n) is 6.65. The molecular formula is C38H60N2O. The molecule has 0 radical (unpaired) electrons. The van der Waals surface area contributed by atoms with Crippen molar-refractivity contribution in [2.75, 3.05) is 20.1 Å². The average molecular weight is 561 g/mol. The molecule has 1 saturated heterocycles. The Morgan fingerprint density at radius 1 is 0.756 bits per heavy atom. The summed E-state index contributed by atoms with van der Waals surface area (Å²) in [7, 11) is 2.24. The van der Waals surface area contributed by atoms with E-state index in [1.165, 1.54) is 42.6 Å². The lowest BCUT2D eigenvalue weighted by molar-refractivity contribution is -0.00883. The quantitative estimate of drug-likeness (QED) is 0.304. The number of ether oxygens (including phenoxy) is 1. The van der Waals surface area contributed by atoms with E-state index in [4.69, 9.17) is 4.74 Å². The minimum atomic E-state index is 0.116. The minimum Gasteiger partial charge on any atom is -0.490 e. The van der Waals surface area contributed by atoms with E-state index >= 15 is 0 Å². The Kier molecular flexibility index (Phi) is 9.42. The number of hydrogen-bond acceptors (Lipinski definition) is 3. The standard InChI is InChI=1S/C38H60N2O/c1-35(2,3)39(11)32-25-34(26-32)41-33-20-18-31(19-21-33)38(9,10)23-22-37(7,8)30-16-14-28(15-17-30)29-13-12-24-40(27-29)36(4,5)6/h14-21,29,32,34H,12-13,22-27H2,1-11H3. The van der Waals surface area contributed by atoms with Gasteiger partial charge in [-0.2, -0.15) is 0 Å². The summed E-state index contributed by atoms with van der Waals surface area (Å²) in [6.07, 6.45) is 7.49. The highest BCUT2D eigenvalue weighted by Crippen LogP contribution is 2.38. The monoisotopic (exact) mass is 560 g/mol. The number of hydrogen-bond donors (Lipinski definition) is 0. The van der Waals surface area contributed by atoms with Crippen LogP contribution in [0.25, 0.3) is 0 Å². The molecule has 2 aliphatic rings. The average Bonchev–Trinajstić information content (AvgIpc) is 2.88. The van der Waals surface area contributed by atoms with Gasteiger partial charge in [0.15, 0.2) is 0 Å². The van der Waals surface area contributed by atoms with Crippen molar-refractivity contribution in [2.45, 2.75) is 148 Å². The van der Waals surface area contributed by atoms with Crippen LogP contribution in [0, 0.1) is 0 Å². The van der Waals surface area contributed by atoms with E-state index in [-0.39, 0.29) is 21.9 Å². The molecule has 0 spiro atoms. The Morgan fingerprint density at radius 3 is 1.76 bits per heavy atom. The third kappa shape index (κ3) is 7.96. The van der Waals surface area contributed by atoms with Crippen molar-refractivity contribution in [3.05, 3.63) is 65.2 Å². The SMILES string of the molecule is CN(C1CC(Oc2ccc(C(C)(C)CCC(C)(C)c3ccc(C4CCCN(C(C)(C)C)C4)cc3)cc2)C1)C(C)(C)C. The van der Waals surface area contributed by atoms with Gasteiger partial charge in [-0.05, 0) is 126 Å². The summed E-state index contributed by atoms with van der Waals surface area (Å²) in [4.78, 5) is 5.15. The van der Waals surface area contributed by atoms with Gasteiger partial charge in [-0.15, -0.1) is 0 Å². The molecule has 0 aromatic heterocycles. The second kappa shape index (κ2) is 12.0. The first-order valence-corrected chi connectivity index (χ1v) is 16.3. The first kappa shape index (κ1) is 32.1. The Labute approximate surface area is 253 Å². The molecule has 2 aromatic rings. The van der Waals surface area contributed by atoms with Gasteiger partial charge in [-0.1, -0.05) is 64.1 Å². The molecule has 1 heterocycles. The Hall–Kier alpha value is -1.84. The van der Waals surface area contributed by atoms with Crippen LogP contribution in [0.1, 0.15) is 130 Å². The van der Waals surface area contributed by atoms with E-state index in [1.807, 2.05) is 0 Å². The van der Waals surface area contributed by atoms with Crippen LogP contribution in [0.2, 0.25) is 0 Å². The minimum absolute atomic E-state index is 0.116. The molecule has 1 saturated carbocycles. The van der Waals surface area contributed by atoms with Gasteiger partial charge in [-0.25, -0.2) is 0 Å². The molecule has 2 aromatic carbocycles. The molecular weight excluding hydrogens is 500 g/mol. The highest BCUT2D eigenvalue weighted by Gasteiger charge is 2.37. The van der Waals surface area contributed by atoms with Crippen LogP contribution in [0.15, 0.2) is 48.5 Å². The number of benzene rings is 2. The number of likely N-dealkylation sites (tertiary alicyclic amines) is 1. The van der Waals surface area contributed by atoms with E-state index < -0.39 is 0 Å². The molecule has 2 fully saturated rings. The summed E-state index contributed by atoms with van der Waals surface area (Å²) >= 11 is 0. The molecule has 1 atom stereocenters. The van der Waals surface area contributed by atoms with Gasteiger partial charge in [0, 0.05) is 36.5 Å². The molecule has 1 aliphatic carbocycles. The molecule has 0 N–H and O–H groups in total. The van der Waals surface area contributed by atoms with Crippen molar-refractivity contribution in [2.24, 2.45) is 0 Å². The first-order valence-electron chi connectivity index (χ1n) is 16.3. The zero-order valence-corrected chi connectivity index (χ0v) is 28.3. The van der Waals surface area contributed by atoms with Crippen molar-refractivity contribution < 1.29 is 4.74 Å². The molecule has 3 heteroatoms. The lowest BCUT2D eigenvalue weighted by Crippen LogP contribution is -2.54. The molecule has 0 amide bonds. The van der Waals surface area contributed by atoms with Crippen LogP contribution in [-0.4, -0.2) is 53.2 Å². The van der Waals surface area contributed by atoms with E-state index in [0.717, 1.165) is 31.4 Å². The molecule has 1 unspecified atom stereocenters. The van der Waals surface area contributed by atoms with Gasteiger partial charge in [0.1, 0.15) is 11.9 Å². The zero-order valence-electron chi connectivity index (χ0n) is 28.3. The molecule has 0 bridgehead atoms. The second-order valence-corrected chi connectivity index (χ2v) is 16.5. The molecule has 4 rings (SSSR count). The largest absolute Gasteiger partial charge is 0.490 e. The maximum atomic E-state index is 6.33. The fourth-order valence-corrected chi connectivity index (χ4v) is 6.65. The highest BCUT2D eigenvalue weighted by molar-refractivity contribution is 5.33. The van der Waals surface area contributed by atoms with E-state index in [9.17, 15) is 0 Å². The fraction of sp³-hybridized carbons (Fsp3) is 0.684. The lowest BCUT2D eigenvalue weighted by Gasteiger charge is -2.46. The maximum Gasteiger partial charge on any atom is 0.119 e. The Morgan fingerprint density at radius 2 is 1.27 bits per heavy atom. The van der Waals surface area contributed by atoms with Crippen LogP contribution < -0.4 is 4.74 Å². The maximum absolute atomic E-state index is 6.33. The summed E-state index contributed by atoms with van der Waals surface area (Å²) in [5.74, 6) is 1.66. The van der Waals surface area contributed by atoms with Gasteiger partial charge in [0.25, 0.3) is 0 Å². The van der Waals surface area contributed by atoms with Gasteiger partial charge < -0.3 is 4.74 Å². The summed E-state index contributed by atoms with van der Waals surface area (Å²) in [6, 6.07) is 19.3. The Balaban J connectivity index is 1.30. The van der Waals surface area contributed by atoms with Gasteiger partial charge in [0.2, 0.25) is 0 Å². The highest BCUT2D eigenvalue weighted by atomic mass is 16.5. The molecule has 3 nitrogen and oxygen atoms in total. The van der Waals surface area contributed by atoms with Crippen LogP contribution in [0.5, 0.6) is 5.75 Å². The van der Waals surface area contributed by atoms with Gasteiger partial charge >= 0.3 is 0 Å².